The quantitative estimate of drug-likeness (QED) is 0.794. The number of ether oxygens (including phenoxy) is 1. The van der Waals surface area contributed by atoms with E-state index in [0.717, 1.165) is 18.8 Å². The summed E-state index contributed by atoms with van der Waals surface area (Å²) < 4.78 is 5.40. The van der Waals surface area contributed by atoms with Gasteiger partial charge in [-0.25, -0.2) is 0 Å². The van der Waals surface area contributed by atoms with Crippen LogP contribution in [0, 0.1) is 0 Å². The van der Waals surface area contributed by atoms with Gasteiger partial charge in [0.05, 0.1) is 7.11 Å². The van der Waals surface area contributed by atoms with Crippen LogP contribution in [0.2, 0.25) is 0 Å². The van der Waals surface area contributed by atoms with Crippen molar-refractivity contribution in [3.63, 3.8) is 0 Å². The highest BCUT2D eigenvalue weighted by Gasteiger charge is 2.27. The van der Waals surface area contributed by atoms with Gasteiger partial charge in [0, 0.05) is 37.3 Å². The second-order valence-corrected chi connectivity index (χ2v) is 6.72. The van der Waals surface area contributed by atoms with E-state index in [1.54, 1.807) is 7.11 Å². The Morgan fingerprint density at radius 1 is 1.24 bits per heavy atom. The number of nitrogens with zero attached hydrogens (tertiary/aromatic N) is 2. The van der Waals surface area contributed by atoms with E-state index in [9.17, 15) is 0 Å². The van der Waals surface area contributed by atoms with Crippen LogP contribution in [-0.4, -0.2) is 44.2 Å². The fourth-order valence-electron chi connectivity index (χ4n) is 3.53. The standard InChI is InChI=1S/C18H30N2O/c1-13(2)20(14(3)4)10-9-15-12-19(5)18-8-7-16(21-6)11-17(15)18/h7-8,11,13-15H,9-10,12H2,1-6H3. The number of fused-ring (bicyclic) bond motifs is 1. The molecule has 0 fully saturated rings. The molecule has 1 aliphatic rings. The van der Waals surface area contributed by atoms with E-state index < -0.39 is 0 Å². The first-order chi connectivity index (χ1) is 9.93. The van der Waals surface area contributed by atoms with Crippen molar-refractivity contribution in [1.82, 2.24) is 4.90 Å². The summed E-state index contributed by atoms with van der Waals surface area (Å²) in [5, 5.41) is 0. The van der Waals surface area contributed by atoms with E-state index in [4.69, 9.17) is 4.74 Å². The average Bonchev–Trinajstić information content (AvgIpc) is 2.74. The Morgan fingerprint density at radius 2 is 1.90 bits per heavy atom. The summed E-state index contributed by atoms with van der Waals surface area (Å²) >= 11 is 0. The highest BCUT2D eigenvalue weighted by atomic mass is 16.5. The van der Waals surface area contributed by atoms with Gasteiger partial charge in [0.15, 0.2) is 0 Å². The normalized spacial score (nSPS) is 18.0. The van der Waals surface area contributed by atoms with Gasteiger partial charge in [0.25, 0.3) is 0 Å². The van der Waals surface area contributed by atoms with E-state index in [2.05, 4.69) is 62.7 Å². The zero-order valence-corrected chi connectivity index (χ0v) is 14.4. The molecule has 118 valence electrons. The van der Waals surface area contributed by atoms with Crippen LogP contribution in [-0.2, 0) is 0 Å². The molecule has 1 atom stereocenters. The van der Waals surface area contributed by atoms with Crippen LogP contribution in [0.4, 0.5) is 5.69 Å². The fourth-order valence-corrected chi connectivity index (χ4v) is 3.53. The Kier molecular flexibility index (Phi) is 5.15. The summed E-state index contributed by atoms with van der Waals surface area (Å²) in [6.45, 7) is 11.4. The third-order valence-corrected chi connectivity index (χ3v) is 4.64. The molecule has 1 aromatic carbocycles. The van der Waals surface area contributed by atoms with Crippen molar-refractivity contribution < 1.29 is 4.74 Å². The van der Waals surface area contributed by atoms with Crippen LogP contribution < -0.4 is 9.64 Å². The molecule has 1 aliphatic heterocycles. The minimum absolute atomic E-state index is 0.605. The topological polar surface area (TPSA) is 15.7 Å². The number of anilines is 1. The molecular formula is C18H30N2O. The monoisotopic (exact) mass is 290 g/mol. The van der Waals surface area contributed by atoms with E-state index in [-0.39, 0.29) is 0 Å². The van der Waals surface area contributed by atoms with Crippen molar-refractivity contribution in [1.29, 1.82) is 0 Å². The Bertz CT molecular complexity index is 462. The van der Waals surface area contributed by atoms with Crippen molar-refractivity contribution >= 4 is 5.69 Å². The summed E-state index contributed by atoms with van der Waals surface area (Å²) in [5.41, 5.74) is 2.81. The van der Waals surface area contributed by atoms with Gasteiger partial charge in [-0.1, -0.05) is 0 Å². The Labute approximate surface area is 129 Å². The third kappa shape index (κ3) is 3.52. The minimum Gasteiger partial charge on any atom is -0.497 e. The molecule has 0 N–H and O–H groups in total. The maximum Gasteiger partial charge on any atom is 0.119 e. The Morgan fingerprint density at radius 3 is 2.48 bits per heavy atom. The number of likely N-dealkylation sites (N-methyl/N-ethyl adjacent to an activating group) is 1. The molecule has 2 rings (SSSR count). The molecule has 3 nitrogen and oxygen atoms in total. The lowest BCUT2D eigenvalue weighted by molar-refractivity contribution is 0.169. The maximum atomic E-state index is 5.40. The summed E-state index contributed by atoms with van der Waals surface area (Å²) in [6, 6.07) is 7.68. The van der Waals surface area contributed by atoms with Crippen LogP contribution in [0.1, 0.15) is 45.6 Å². The van der Waals surface area contributed by atoms with Gasteiger partial charge in [-0.2, -0.15) is 0 Å². The number of benzene rings is 1. The molecule has 0 amide bonds. The second kappa shape index (κ2) is 6.69. The second-order valence-electron chi connectivity index (χ2n) is 6.72. The zero-order valence-electron chi connectivity index (χ0n) is 14.4. The highest BCUT2D eigenvalue weighted by Crippen LogP contribution is 2.39. The van der Waals surface area contributed by atoms with Gasteiger partial charge in [-0.3, -0.25) is 4.90 Å². The highest BCUT2D eigenvalue weighted by molar-refractivity contribution is 5.61. The first-order valence-electron chi connectivity index (χ1n) is 8.08. The molecule has 1 heterocycles. The van der Waals surface area contributed by atoms with Crippen molar-refractivity contribution in [2.45, 2.75) is 52.1 Å². The largest absolute Gasteiger partial charge is 0.497 e. The van der Waals surface area contributed by atoms with Crippen LogP contribution in [0.25, 0.3) is 0 Å². The van der Waals surface area contributed by atoms with E-state index in [1.807, 2.05) is 0 Å². The zero-order chi connectivity index (χ0) is 15.6. The van der Waals surface area contributed by atoms with Gasteiger partial charge in [0.1, 0.15) is 5.75 Å². The first-order valence-corrected chi connectivity index (χ1v) is 8.08. The van der Waals surface area contributed by atoms with Crippen molar-refractivity contribution in [2.75, 3.05) is 32.1 Å². The molecule has 0 aromatic heterocycles. The molecule has 1 unspecified atom stereocenters. The summed E-state index contributed by atoms with van der Waals surface area (Å²) in [6.07, 6.45) is 1.21. The van der Waals surface area contributed by atoms with Crippen LogP contribution in [0.15, 0.2) is 18.2 Å². The maximum absolute atomic E-state index is 5.40. The van der Waals surface area contributed by atoms with Crippen molar-refractivity contribution in [3.05, 3.63) is 23.8 Å². The van der Waals surface area contributed by atoms with Crippen LogP contribution in [0.5, 0.6) is 5.75 Å². The SMILES string of the molecule is COc1ccc2c(c1)C(CCN(C(C)C)C(C)C)CN2C. The molecule has 0 saturated carbocycles. The minimum atomic E-state index is 0.605. The molecule has 0 radical (unpaired) electrons. The molecule has 0 saturated heterocycles. The number of hydrogen-bond donors (Lipinski definition) is 0. The van der Waals surface area contributed by atoms with Crippen LogP contribution >= 0.6 is 0 Å². The Hall–Kier alpha value is -1.22. The lowest BCUT2D eigenvalue weighted by atomic mass is 9.97. The summed E-state index contributed by atoms with van der Waals surface area (Å²) in [7, 11) is 3.93. The fraction of sp³-hybridized carbons (Fsp3) is 0.667. The average molecular weight is 290 g/mol. The van der Waals surface area contributed by atoms with E-state index in [0.29, 0.717) is 18.0 Å². The van der Waals surface area contributed by atoms with E-state index in [1.165, 1.54) is 17.7 Å². The summed E-state index contributed by atoms with van der Waals surface area (Å²) in [4.78, 5) is 4.95. The van der Waals surface area contributed by atoms with E-state index >= 15 is 0 Å². The van der Waals surface area contributed by atoms with Gasteiger partial charge >= 0.3 is 0 Å². The van der Waals surface area contributed by atoms with Crippen molar-refractivity contribution in [2.24, 2.45) is 0 Å². The lowest BCUT2D eigenvalue weighted by Gasteiger charge is -2.31. The van der Waals surface area contributed by atoms with Crippen LogP contribution in [0.3, 0.4) is 0 Å². The predicted molar refractivity (Wildman–Crippen MR) is 90.6 cm³/mol. The molecule has 1 aromatic rings. The number of methoxy groups -OCH3 is 1. The van der Waals surface area contributed by atoms with Gasteiger partial charge in [0.2, 0.25) is 0 Å². The molecular weight excluding hydrogens is 260 g/mol. The molecule has 0 aliphatic carbocycles. The molecule has 0 bridgehead atoms. The lowest BCUT2D eigenvalue weighted by Crippen LogP contribution is -2.38. The number of rotatable bonds is 6. The Balaban J connectivity index is 2.10. The number of hydrogen-bond acceptors (Lipinski definition) is 3. The van der Waals surface area contributed by atoms with Gasteiger partial charge in [-0.05, 0) is 64.4 Å². The first kappa shape index (κ1) is 16.2. The predicted octanol–water partition coefficient (Wildman–Crippen LogP) is 3.74. The molecule has 0 spiro atoms. The van der Waals surface area contributed by atoms with Crippen molar-refractivity contribution in [3.8, 4) is 5.75 Å². The third-order valence-electron chi connectivity index (χ3n) is 4.64. The smallest absolute Gasteiger partial charge is 0.119 e. The molecule has 3 heteroatoms. The van der Waals surface area contributed by atoms with Gasteiger partial charge < -0.3 is 9.64 Å². The molecule has 21 heavy (non-hydrogen) atoms. The summed E-state index contributed by atoms with van der Waals surface area (Å²) in [5.74, 6) is 1.58. The van der Waals surface area contributed by atoms with Gasteiger partial charge in [-0.15, -0.1) is 0 Å².